The van der Waals surface area contributed by atoms with Gasteiger partial charge in [-0.05, 0) is 42.5 Å². The molecule has 1 atom stereocenters. The van der Waals surface area contributed by atoms with Crippen molar-refractivity contribution in [2.45, 2.75) is 33.3 Å². The molecular weight excluding hydrogens is 380 g/mol. The molecule has 0 aliphatic carbocycles. The summed E-state index contributed by atoms with van der Waals surface area (Å²) >= 11 is 0. The van der Waals surface area contributed by atoms with Crippen molar-refractivity contribution in [1.29, 1.82) is 0 Å². The second kappa shape index (κ2) is 9.69. The molecule has 6 heteroatoms. The quantitative estimate of drug-likeness (QED) is 0.539. The molecule has 0 aliphatic rings. The van der Waals surface area contributed by atoms with Gasteiger partial charge in [0.25, 0.3) is 18.0 Å². The summed E-state index contributed by atoms with van der Waals surface area (Å²) in [6.45, 7) is 5.83. The van der Waals surface area contributed by atoms with Crippen LogP contribution in [0.4, 0.5) is 0 Å². The highest BCUT2D eigenvalue weighted by atomic mass is 16.5. The van der Waals surface area contributed by atoms with Crippen LogP contribution in [0.5, 0.6) is 11.9 Å². The number of rotatable bonds is 8. The Morgan fingerprint density at radius 2 is 1.77 bits per heavy atom. The Bertz CT molecular complexity index is 1090. The summed E-state index contributed by atoms with van der Waals surface area (Å²) in [4.78, 5) is 30.3. The predicted octanol–water partition coefficient (Wildman–Crippen LogP) is 4.93. The Kier molecular flexibility index (Phi) is 6.80. The van der Waals surface area contributed by atoms with E-state index in [4.69, 9.17) is 9.47 Å². The first kappa shape index (κ1) is 21.0. The number of carbonyl (C=O) groups is 1. The lowest BCUT2D eigenvalue weighted by Gasteiger charge is -2.16. The molecule has 0 radical (unpaired) electrons. The first-order chi connectivity index (χ1) is 14.6. The summed E-state index contributed by atoms with van der Waals surface area (Å²) in [7, 11) is 0. The van der Waals surface area contributed by atoms with Crippen LogP contribution in [-0.4, -0.2) is 16.4 Å². The number of allylic oxidation sites excluding steroid dienone is 2. The molecule has 154 valence electrons. The fraction of sp³-hybridized carbons (Fsp3) is 0.208. The van der Waals surface area contributed by atoms with Gasteiger partial charge in [-0.2, -0.15) is 4.98 Å². The van der Waals surface area contributed by atoms with Crippen LogP contribution in [0.2, 0.25) is 0 Å². The van der Waals surface area contributed by atoms with Crippen LogP contribution in [0.25, 0.3) is 16.7 Å². The largest absolute Gasteiger partial charge is 0.457 e. The molecule has 1 N–H and O–H groups in total. The SMILES string of the molecule is C/C=C(/CC)c1c(OC=O)nc(O[C@@H](C)c2ccc(-c3ccccc3)cc2)[nH]c1=O. The maximum absolute atomic E-state index is 12.6. The van der Waals surface area contributed by atoms with Gasteiger partial charge in [0, 0.05) is 0 Å². The normalized spacial score (nSPS) is 12.3. The minimum absolute atomic E-state index is 0.00760. The molecule has 1 aromatic heterocycles. The van der Waals surface area contributed by atoms with Crippen LogP contribution in [0, 0.1) is 0 Å². The standard InChI is InChI=1S/C24H24N2O4/c1-4-17(5-2)21-22(28)25-24(26-23(21)29-15-27)30-16(3)18-11-13-20(14-12-18)19-9-7-6-8-10-19/h4,6-16H,5H2,1-3H3,(H,25,26,28)/b17-4-/t16-/m0/s1. The molecule has 0 aliphatic heterocycles. The van der Waals surface area contributed by atoms with Crippen LogP contribution >= 0.6 is 0 Å². The van der Waals surface area contributed by atoms with Crippen molar-refractivity contribution in [3.8, 4) is 23.0 Å². The molecule has 30 heavy (non-hydrogen) atoms. The van der Waals surface area contributed by atoms with Crippen molar-refractivity contribution in [3.63, 3.8) is 0 Å². The Hall–Kier alpha value is -3.67. The number of H-pyrrole nitrogens is 1. The molecule has 1 heterocycles. The summed E-state index contributed by atoms with van der Waals surface area (Å²) in [5, 5.41) is 0. The average molecular weight is 404 g/mol. The Balaban J connectivity index is 1.85. The first-order valence-electron chi connectivity index (χ1n) is 9.79. The Labute approximate surface area is 175 Å². The Morgan fingerprint density at radius 3 is 2.37 bits per heavy atom. The maximum Gasteiger partial charge on any atom is 0.300 e. The number of hydrogen-bond acceptors (Lipinski definition) is 5. The molecule has 3 aromatic rings. The molecular formula is C24H24N2O4. The van der Waals surface area contributed by atoms with Gasteiger partial charge in [-0.3, -0.25) is 14.6 Å². The zero-order chi connectivity index (χ0) is 21.5. The van der Waals surface area contributed by atoms with Gasteiger partial charge in [-0.25, -0.2) is 0 Å². The van der Waals surface area contributed by atoms with Gasteiger partial charge in [0.2, 0.25) is 5.88 Å². The number of nitrogens with zero attached hydrogens (tertiary/aromatic N) is 1. The van der Waals surface area contributed by atoms with Gasteiger partial charge < -0.3 is 9.47 Å². The molecule has 0 unspecified atom stereocenters. The number of nitrogens with one attached hydrogen (secondary N) is 1. The first-order valence-corrected chi connectivity index (χ1v) is 9.79. The monoisotopic (exact) mass is 404 g/mol. The van der Waals surface area contributed by atoms with E-state index in [9.17, 15) is 9.59 Å². The topological polar surface area (TPSA) is 81.3 Å². The number of hydrogen-bond donors (Lipinski definition) is 1. The van der Waals surface area contributed by atoms with Gasteiger partial charge in [0.15, 0.2) is 0 Å². The summed E-state index contributed by atoms with van der Waals surface area (Å²) in [6, 6.07) is 18.0. The van der Waals surface area contributed by atoms with E-state index in [1.807, 2.05) is 63.2 Å². The van der Waals surface area contributed by atoms with Gasteiger partial charge in [0.05, 0.1) is 0 Å². The van der Waals surface area contributed by atoms with Crippen molar-refractivity contribution in [2.24, 2.45) is 0 Å². The van der Waals surface area contributed by atoms with Crippen molar-refractivity contribution >= 4 is 12.0 Å². The zero-order valence-electron chi connectivity index (χ0n) is 17.2. The van der Waals surface area contributed by atoms with E-state index in [0.29, 0.717) is 6.42 Å². The highest BCUT2D eigenvalue weighted by molar-refractivity contribution is 5.69. The molecule has 2 aromatic carbocycles. The minimum Gasteiger partial charge on any atom is -0.457 e. The van der Waals surface area contributed by atoms with Crippen LogP contribution in [0.3, 0.4) is 0 Å². The third-order valence-corrected chi connectivity index (χ3v) is 4.85. The molecule has 3 rings (SSSR count). The average Bonchev–Trinajstić information content (AvgIpc) is 2.77. The zero-order valence-corrected chi connectivity index (χ0v) is 17.2. The lowest BCUT2D eigenvalue weighted by molar-refractivity contribution is -0.121. The van der Waals surface area contributed by atoms with Crippen molar-refractivity contribution in [3.05, 3.63) is 82.2 Å². The fourth-order valence-electron chi connectivity index (χ4n) is 3.24. The van der Waals surface area contributed by atoms with E-state index < -0.39 is 5.56 Å². The van der Waals surface area contributed by atoms with Gasteiger partial charge in [0.1, 0.15) is 11.7 Å². The van der Waals surface area contributed by atoms with Crippen LogP contribution < -0.4 is 15.0 Å². The van der Waals surface area contributed by atoms with Gasteiger partial charge in [-0.15, -0.1) is 0 Å². The Morgan fingerprint density at radius 1 is 1.10 bits per heavy atom. The number of aromatic nitrogens is 2. The third-order valence-electron chi connectivity index (χ3n) is 4.85. The van der Waals surface area contributed by atoms with Gasteiger partial charge >= 0.3 is 0 Å². The highest BCUT2D eigenvalue weighted by Crippen LogP contribution is 2.27. The molecule has 0 spiro atoms. The number of ether oxygens (including phenoxy) is 2. The third kappa shape index (κ3) is 4.66. The summed E-state index contributed by atoms with van der Waals surface area (Å²) in [5.74, 6) is -0.0645. The summed E-state index contributed by atoms with van der Waals surface area (Å²) < 4.78 is 10.8. The van der Waals surface area contributed by atoms with Crippen molar-refractivity contribution in [1.82, 2.24) is 9.97 Å². The van der Waals surface area contributed by atoms with E-state index in [1.165, 1.54) is 0 Å². The molecule has 0 amide bonds. The van der Waals surface area contributed by atoms with Gasteiger partial charge in [-0.1, -0.05) is 67.6 Å². The predicted molar refractivity (Wildman–Crippen MR) is 116 cm³/mol. The van der Waals surface area contributed by atoms with E-state index in [0.717, 1.165) is 22.3 Å². The number of benzene rings is 2. The van der Waals surface area contributed by atoms with Crippen LogP contribution in [0.15, 0.2) is 65.5 Å². The molecule has 6 nitrogen and oxygen atoms in total. The molecule has 0 bridgehead atoms. The maximum atomic E-state index is 12.6. The lowest BCUT2D eigenvalue weighted by atomic mass is 10.0. The van der Waals surface area contributed by atoms with E-state index in [-0.39, 0.29) is 30.0 Å². The number of aromatic amines is 1. The van der Waals surface area contributed by atoms with E-state index in [2.05, 4.69) is 22.1 Å². The van der Waals surface area contributed by atoms with Crippen LogP contribution in [-0.2, 0) is 4.79 Å². The summed E-state index contributed by atoms with van der Waals surface area (Å²) in [6.07, 6.45) is 2.02. The molecule has 0 fully saturated rings. The highest BCUT2D eigenvalue weighted by Gasteiger charge is 2.18. The van der Waals surface area contributed by atoms with Crippen LogP contribution in [0.1, 0.15) is 44.4 Å². The lowest BCUT2D eigenvalue weighted by Crippen LogP contribution is -2.18. The van der Waals surface area contributed by atoms with Crippen molar-refractivity contribution < 1.29 is 14.3 Å². The number of carbonyl (C=O) groups excluding carboxylic acids is 1. The second-order valence-corrected chi connectivity index (χ2v) is 6.68. The van der Waals surface area contributed by atoms with E-state index in [1.54, 1.807) is 6.08 Å². The minimum atomic E-state index is -0.418. The van der Waals surface area contributed by atoms with E-state index >= 15 is 0 Å². The summed E-state index contributed by atoms with van der Waals surface area (Å²) in [5.41, 5.74) is 3.70. The molecule has 0 saturated heterocycles. The molecule has 0 saturated carbocycles. The fourth-order valence-corrected chi connectivity index (χ4v) is 3.24. The van der Waals surface area contributed by atoms with Crippen molar-refractivity contribution in [2.75, 3.05) is 0 Å². The second-order valence-electron chi connectivity index (χ2n) is 6.68. The smallest absolute Gasteiger partial charge is 0.300 e.